The number of cyclic esters (lactones) is 1. The molecule has 1 N–H and O–H groups in total. The van der Waals surface area contributed by atoms with Crippen molar-refractivity contribution in [3.05, 3.63) is 81.3 Å². The van der Waals surface area contributed by atoms with E-state index >= 15 is 0 Å². The third kappa shape index (κ3) is 7.53. The predicted molar refractivity (Wildman–Crippen MR) is 166 cm³/mol. The van der Waals surface area contributed by atoms with E-state index in [1.165, 1.54) is 29.7 Å². The van der Waals surface area contributed by atoms with E-state index in [9.17, 15) is 19.2 Å². The molecule has 4 atom stereocenters. The maximum atomic E-state index is 13.0. The lowest BCUT2D eigenvalue weighted by molar-refractivity contribution is -0.139. The van der Waals surface area contributed by atoms with Crippen LogP contribution in [0, 0.1) is 12.8 Å². The summed E-state index contributed by atoms with van der Waals surface area (Å²) in [6.07, 6.45) is 4.54. The molecule has 1 aliphatic carbocycles. The van der Waals surface area contributed by atoms with Crippen LogP contribution in [0.3, 0.4) is 0 Å². The summed E-state index contributed by atoms with van der Waals surface area (Å²) >= 11 is 1.34. The van der Waals surface area contributed by atoms with E-state index in [1.807, 2.05) is 13.8 Å². The van der Waals surface area contributed by atoms with Gasteiger partial charge in [-0.15, -0.1) is 11.3 Å². The number of hydrogen-bond acceptors (Lipinski definition) is 9. The van der Waals surface area contributed by atoms with Crippen LogP contribution >= 0.6 is 11.3 Å². The van der Waals surface area contributed by atoms with Crippen molar-refractivity contribution in [1.82, 2.24) is 15.2 Å². The zero-order valence-corrected chi connectivity index (χ0v) is 26.2. The van der Waals surface area contributed by atoms with E-state index in [1.54, 1.807) is 35.4 Å². The van der Waals surface area contributed by atoms with Gasteiger partial charge in [0.05, 0.1) is 41.7 Å². The average molecular weight is 632 g/mol. The number of esters is 2. The van der Waals surface area contributed by atoms with Crippen LogP contribution in [0.2, 0.25) is 0 Å². The number of amides is 2. The topological polar surface area (TPSA) is 124 Å². The minimum atomic E-state index is -0.486. The molecule has 6 rings (SSSR count). The summed E-state index contributed by atoms with van der Waals surface area (Å²) in [5.41, 5.74) is 2.61. The first-order valence-corrected chi connectivity index (χ1v) is 16.3. The molecule has 1 saturated carbocycles. The number of carbonyl (C=O) groups excluding carboxylic acids is 4. The van der Waals surface area contributed by atoms with Crippen LogP contribution in [0.25, 0.3) is 0 Å². The lowest BCUT2D eigenvalue weighted by Crippen LogP contribution is -2.46. The maximum Gasteiger partial charge on any atom is 0.338 e. The first kappa shape index (κ1) is 30.8. The third-order valence-corrected chi connectivity index (χ3v) is 9.41. The molecule has 3 aliphatic rings. The van der Waals surface area contributed by atoms with Crippen LogP contribution in [0.4, 0.5) is 0 Å². The van der Waals surface area contributed by atoms with Crippen LogP contribution < -0.4 is 10.1 Å². The number of nitrogens with zero attached hydrogens (tertiary/aromatic N) is 2. The smallest absolute Gasteiger partial charge is 0.338 e. The van der Waals surface area contributed by atoms with E-state index in [2.05, 4.69) is 34.6 Å². The van der Waals surface area contributed by atoms with Gasteiger partial charge in [0.15, 0.2) is 0 Å². The Hall–Kier alpha value is -4.25. The minimum Gasteiger partial charge on any atom is -0.484 e. The number of aryl methyl sites for hydroxylation is 1. The molecule has 3 heterocycles. The highest BCUT2D eigenvalue weighted by molar-refractivity contribution is 7.13. The Morgan fingerprint density at radius 2 is 1.82 bits per heavy atom. The molecule has 236 valence electrons. The van der Waals surface area contributed by atoms with Gasteiger partial charge in [0.1, 0.15) is 29.4 Å². The first-order valence-electron chi connectivity index (χ1n) is 15.5. The molecule has 2 aromatic carbocycles. The standard InChI is InChI=1S/C34H37N3O7S/c1-20(36-32(39)29-17-35-21(2)45-29)31(24-9-7-23(8-10-24)22-5-6-22)43-27-13-11-25(12-14-27)34(41)44-28-4-3-15-37(18-28)33(40)26-16-30(38)42-19-26/h7-14,17,20,22,26,28,31H,3-6,15-16,18-19H2,1-2H3,(H,36,39)/t20?,26-,28+,31?/m1/s1. The third-order valence-electron chi connectivity index (χ3n) is 8.50. The number of aromatic nitrogens is 1. The summed E-state index contributed by atoms with van der Waals surface area (Å²) in [6, 6.07) is 14.7. The number of carbonyl (C=O) groups is 4. The molecular weight excluding hydrogens is 594 g/mol. The molecule has 2 unspecified atom stereocenters. The SMILES string of the molecule is Cc1ncc(C(=O)NC(C)C(Oc2ccc(C(=O)O[C@H]3CCCN(C(=O)[C@H]4COC(=O)C4)C3)cc2)c2ccc(C3CC3)cc2)s1. The summed E-state index contributed by atoms with van der Waals surface area (Å²) in [6.45, 7) is 4.74. The zero-order chi connectivity index (χ0) is 31.5. The van der Waals surface area contributed by atoms with E-state index in [4.69, 9.17) is 14.2 Å². The van der Waals surface area contributed by atoms with E-state index in [0.29, 0.717) is 48.0 Å². The Bertz CT molecular complexity index is 1550. The molecular formula is C34H37N3O7S. The molecule has 3 aromatic rings. The van der Waals surface area contributed by atoms with Crippen molar-refractivity contribution in [1.29, 1.82) is 0 Å². The number of rotatable bonds is 10. The summed E-state index contributed by atoms with van der Waals surface area (Å²) < 4.78 is 17.2. The number of likely N-dealkylation sites (tertiary alicyclic amines) is 1. The second-order valence-electron chi connectivity index (χ2n) is 12.0. The highest BCUT2D eigenvalue weighted by atomic mass is 32.1. The van der Waals surface area contributed by atoms with E-state index in [-0.39, 0.29) is 36.9 Å². The Morgan fingerprint density at radius 3 is 2.47 bits per heavy atom. The fourth-order valence-electron chi connectivity index (χ4n) is 5.85. The number of benzene rings is 2. The quantitative estimate of drug-likeness (QED) is 0.311. The minimum absolute atomic E-state index is 0.0950. The first-order chi connectivity index (χ1) is 21.7. The fraction of sp³-hybridized carbons (Fsp3) is 0.441. The highest BCUT2D eigenvalue weighted by Gasteiger charge is 2.36. The van der Waals surface area contributed by atoms with Gasteiger partial charge in [0.25, 0.3) is 5.91 Å². The molecule has 2 amide bonds. The lowest BCUT2D eigenvalue weighted by Gasteiger charge is -2.33. The van der Waals surface area contributed by atoms with Crippen molar-refractivity contribution in [3.63, 3.8) is 0 Å². The molecule has 1 aromatic heterocycles. The van der Waals surface area contributed by atoms with Crippen molar-refractivity contribution in [2.75, 3.05) is 19.7 Å². The van der Waals surface area contributed by atoms with Crippen LogP contribution in [0.15, 0.2) is 54.7 Å². The summed E-state index contributed by atoms with van der Waals surface area (Å²) in [4.78, 5) is 56.6. The van der Waals surface area contributed by atoms with Gasteiger partial charge >= 0.3 is 11.9 Å². The van der Waals surface area contributed by atoms with Crippen LogP contribution in [0.1, 0.15) is 87.2 Å². The molecule has 45 heavy (non-hydrogen) atoms. The van der Waals surface area contributed by atoms with Gasteiger partial charge in [0.2, 0.25) is 5.91 Å². The van der Waals surface area contributed by atoms with Crippen LogP contribution in [-0.2, 0) is 19.1 Å². The van der Waals surface area contributed by atoms with Crippen molar-refractivity contribution in [2.24, 2.45) is 5.92 Å². The second-order valence-corrected chi connectivity index (χ2v) is 13.3. The molecule has 0 radical (unpaired) electrons. The van der Waals surface area contributed by atoms with E-state index in [0.717, 1.165) is 10.6 Å². The van der Waals surface area contributed by atoms with Gasteiger partial charge in [-0.3, -0.25) is 14.4 Å². The van der Waals surface area contributed by atoms with Gasteiger partial charge in [-0.05, 0) is 80.8 Å². The Balaban J connectivity index is 1.10. The molecule has 11 heteroatoms. The summed E-state index contributed by atoms with van der Waals surface area (Å²) in [5, 5.41) is 3.89. The maximum absolute atomic E-state index is 13.0. The number of nitrogens with one attached hydrogen (secondary N) is 1. The van der Waals surface area contributed by atoms with Gasteiger partial charge < -0.3 is 24.4 Å². The Kier molecular flexibility index (Phi) is 9.16. The normalized spacial score (nSPS) is 21.0. The molecule has 2 aliphatic heterocycles. The number of piperidine rings is 1. The van der Waals surface area contributed by atoms with E-state index < -0.39 is 24.1 Å². The predicted octanol–water partition coefficient (Wildman–Crippen LogP) is 4.98. The highest BCUT2D eigenvalue weighted by Crippen LogP contribution is 2.40. The van der Waals surface area contributed by atoms with Crippen molar-refractivity contribution >= 4 is 35.1 Å². The van der Waals surface area contributed by atoms with Gasteiger partial charge in [-0.2, -0.15) is 0 Å². The molecule has 0 bridgehead atoms. The van der Waals surface area contributed by atoms with Crippen molar-refractivity contribution in [3.8, 4) is 5.75 Å². The number of thiazole rings is 1. The molecule has 10 nitrogen and oxygen atoms in total. The molecule has 3 fully saturated rings. The molecule has 0 spiro atoms. The van der Waals surface area contributed by atoms with Crippen molar-refractivity contribution in [2.45, 2.75) is 70.1 Å². The Labute approximate surface area is 266 Å². The fourth-order valence-corrected chi connectivity index (χ4v) is 6.53. The summed E-state index contributed by atoms with van der Waals surface area (Å²) in [5.74, 6) is -0.471. The lowest BCUT2D eigenvalue weighted by atomic mass is 10.00. The van der Waals surface area contributed by atoms with Crippen LogP contribution in [-0.4, -0.2) is 65.5 Å². The summed E-state index contributed by atoms with van der Waals surface area (Å²) in [7, 11) is 0. The monoisotopic (exact) mass is 631 g/mol. The average Bonchev–Trinajstić information content (AvgIpc) is 3.66. The van der Waals surface area contributed by atoms with Crippen LogP contribution in [0.5, 0.6) is 5.75 Å². The number of hydrogen-bond donors (Lipinski definition) is 1. The number of ether oxygens (including phenoxy) is 3. The Morgan fingerprint density at radius 1 is 1.07 bits per heavy atom. The molecule has 2 saturated heterocycles. The van der Waals surface area contributed by atoms with Gasteiger partial charge in [-0.1, -0.05) is 24.3 Å². The van der Waals surface area contributed by atoms with Gasteiger partial charge in [0, 0.05) is 6.54 Å². The van der Waals surface area contributed by atoms with Gasteiger partial charge in [-0.25, -0.2) is 9.78 Å². The zero-order valence-electron chi connectivity index (χ0n) is 25.4. The van der Waals surface area contributed by atoms with Crippen molar-refractivity contribution < 1.29 is 33.4 Å². The second kappa shape index (κ2) is 13.4. The largest absolute Gasteiger partial charge is 0.484 e.